The maximum absolute atomic E-state index is 15.0. The number of nitrogens with one attached hydrogen (secondary N) is 2. The Bertz CT molecular complexity index is 1690. The lowest BCUT2D eigenvalue weighted by molar-refractivity contribution is -0.274. The average molecular weight is 612 g/mol. The topological polar surface area (TPSA) is 123 Å². The fraction of sp³-hybridized carbons (Fsp3) is 0.207. The number of nitrogens with zero attached hydrogens (tertiary/aromatic N) is 5. The van der Waals surface area contributed by atoms with Crippen LogP contribution in [-0.4, -0.2) is 59.2 Å². The Morgan fingerprint density at radius 2 is 1.75 bits per heavy atom. The Morgan fingerprint density at radius 3 is 2.41 bits per heavy atom. The smallest absolute Gasteiger partial charge is 0.497 e. The predicted octanol–water partition coefficient (Wildman–Crippen LogP) is 4.86. The number of carbonyl (C=O) groups is 2. The number of hydrogen-bond acceptors (Lipinski definition) is 7. The van der Waals surface area contributed by atoms with Gasteiger partial charge in [0.15, 0.2) is 5.82 Å². The number of anilines is 1. The number of benzene rings is 3. The number of guanidine groups is 1. The van der Waals surface area contributed by atoms with Crippen LogP contribution in [0.25, 0.3) is 17.1 Å². The van der Waals surface area contributed by atoms with Gasteiger partial charge in [0, 0.05) is 5.56 Å². The zero-order chi connectivity index (χ0) is 31.4. The number of halogens is 4. The van der Waals surface area contributed by atoms with E-state index in [1.807, 2.05) is 0 Å². The number of carbonyl (C=O) groups excluding carboxylic acids is 2. The molecule has 0 saturated carbocycles. The zero-order valence-corrected chi connectivity index (χ0v) is 23.3. The van der Waals surface area contributed by atoms with E-state index in [4.69, 9.17) is 4.74 Å². The van der Waals surface area contributed by atoms with E-state index in [9.17, 15) is 27.2 Å². The summed E-state index contributed by atoms with van der Waals surface area (Å²) >= 11 is 0. The van der Waals surface area contributed by atoms with E-state index in [0.29, 0.717) is 28.5 Å². The number of alkyl halides is 4. The van der Waals surface area contributed by atoms with E-state index in [-0.39, 0.29) is 36.3 Å². The summed E-state index contributed by atoms with van der Waals surface area (Å²) in [6, 6.07) is 15.8. The van der Waals surface area contributed by atoms with Crippen LogP contribution in [0, 0.1) is 6.92 Å². The summed E-state index contributed by atoms with van der Waals surface area (Å²) in [4.78, 5) is 34.6. The summed E-state index contributed by atoms with van der Waals surface area (Å²) in [6.07, 6.45) is -4.95. The molecule has 0 fully saturated rings. The number of hydrogen-bond donors (Lipinski definition) is 2. The van der Waals surface area contributed by atoms with Crippen molar-refractivity contribution < 1.29 is 36.6 Å². The summed E-state index contributed by atoms with van der Waals surface area (Å²) in [5, 5.41) is 9.28. The lowest BCUT2D eigenvalue weighted by atomic mass is 10.1. The molecular formula is C29H25F4N7O4. The lowest BCUT2D eigenvalue weighted by Gasteiger charge is -2.21. The Balaban J connectivity index is 1.16. The molecule has 228 valence electrons. The molecule has 0 bridgehead atoms. The molecule has 3 amide bonds. The molecule has 15 heteroatoms. The van der Waals surface area contributed by atoms with Crippen LogP contribution in [0.4, 0.5) is 28.0 Å². The predicted molar refractivity (Wildman–Crippen MR) is 151 cm³/mol. The summed E-state index contributed by atoms with van der Waals surface area (Å²) in [5.74, 6) is 0.256. The van der Waals surface area contributed by atoms with Crippen molar-refractivity contribution in [3.05, 3.63) is 84.2 Å². The first kappa shape index (κ1) is 30.0. The van der Waals surface area contributed by atoms with Crippen molar-refractivity contribution in [1.82, 2.24) is 25.4 Å². The van der Waals surface area contributed by atoms with Gasteiger partial charge >= 0.3 is 12.4 Å². The minimum Gasteiger partial charge on any atom is -0.497 e. The van der Waals surface area contributed by atoms with Gasteiger partial charge in [0.2, 0.25) is 5.96 Å². The molecule has 1 aliphatic heterocycles. The van der Waals surface area contributed by atoms with Crippen LogP contribution in [0.3, 0.4) is 0 Å². The Kier molecular flexibility index (Phi) is 8.46. The van der Waals surface area contributed by atoms with Gasteiger partial charge in [0.1, 0.15) is 30.5 Å². The van der Waals surface area contributed by atoms with Crippen LogP contribution in [0.2, 0.25) is 0 Å². The third-order valence-electron chi connectivity index (χ3n) is 6.49. The monoisotopic (exact) mass is 611 g/mol. The first-order valence-corrected chi connectivity index (χ1v) is 13.1. The number of ether oxygens (including phenoxy) is 2. The first-order valence-electron chi connectivity index (χ1n) is 13.1. The van der Waals surface area contributed by atoms with Crippen LogP contribution in [0.1, 0.15) is 17.3 Å². The van der Waals surface area contributed by atoms with E-state index in [1.54, 1.807) is 37.3 Å². The third-order valence-corrected chi connectivity index (χ3v) is 6.49. The van der Waals surface area contributed by atoms with E-state index < -0.39 is 18.6 Å². The number of aryl methyl sites for hydroxylation is 1. The second kappa shape index (κ2) is 12.4. The molecule has 4 aromatic rings. The maximum atomic E-state index is 15.0. The Hall–Kier alpha value is -5.47. The van der Waals surface area contributed by atoms with Crippen molar-refractivity contribution in [2.75, 3.05) is 25.1 Å². The molecule has 11 nitrogen and oxygen atoms in total. The quantitative estimate of drug-likeness (QED) is 0.275. The van der Waals surface area contributed by atoms with Crippen molar-refractivity contribution in [2.24, 2.45) is 4.99 Å². The van der Waals surface area contributed by atoms with E-state index >= 15 is 0 Å². The molecule has 2 N–H and O–H groups in total. The van der Waals surface area contributed by atoms with Crippen LogP contribution in [0.15, 0.2) is 78.0 Å². The third kappa shape index (κ3) is 6.94. The summed E-state index contributed by atoms with van der Waals surface area (Å²) in [6.45, 7) is 1.30. The molecule has 0 spiro atoms. The SMILES string of the molecule is COc1ccc(N2C(=O)CN=C2NC(=O)NCC(F)c2ccc(-c3ncn(-c4ccc(OC(F)(F)F)cc4)n3)cc2)c(C)c1. The van der Waals surface area contributed by atoms with Crippen molar-refractivity contribution in [3.8, 4) is 28.6 Å². The fourth-order valence-electron chi connectivity index (χ4n) is 4.36. The number of amides is 3. The minimum absolute atomic E-state index is 0.0260. The van der Waals surface area contributed by atoms with Gasteiger partial charge in [0.25, 0.3) is 5.91 Å². The molecular weight excluding hydrogens is 586 g/mol. The molecule has 0 aliphatic carbocycles. The molecule has 5 rings (SSSR count). The van der Waals surface area contributed by atoms with Gasteiger partial charge in [-0.25, -0.2) is 28.7 Å². The normalized spacial score (nSPS) is 13.8. The molecule has 1 aromatic heterocycles. The number of aromatic nitrogens is 3. The molecule has 0 saturated heterocycles. The summed E-state index contributed by atoms with van der Waals surface area (Å²) in [5.41, 5.74) is 2.58. The second-order valence-electron chi connectivity index (χ2n) is 9.50. The zero-order valence-electron chi connectivity index (χ0n) is 23.3. The van der Waals surface area contributed by atoms with Gasteiger partial charge in [0.05, 0.1) is 25.0 Å². The van der Waals surface area contributed by atoms with E-state index in [0.717, 1.165) is 17.7 Å². The number of aliphatic imine (C=N–C) groups is 1. The van der Waals surface area contributed by atoms with E-state index in [2.05, 4.69) is 30.4 Å². The molecule has 2 heterocycles. The molecule has 1 aliphatic rings. The van der Waals surface area contributed by atoms with Crippen LogP contribution in [0.5, 0.6) is 11.5 Å². The van der Waals surface area contributed by atoms with Crippen molar-refractivity contribution >= 4 is 23.6 Å². The number of rotatable bonds is 8. The van der Waals surface area contributed by atoms with Gasteiger partial charge in [-0.15, -0.1) is 18.3 Å². The van der Waals surface area contributed by atoms with Gasteiger partial charge < -0.3 is 14.8 Å². The molecule has 1 unspecified atom stereocenters. The van der Waals surface area contributed by atoms with Gasteiger partial charge in [-0.2, -0.15) is 0 Å². The second-order valence-corrected chi connectivity index (χ2v) is 9.50. The average Bonchev–Trinajstić information content (AvgIpc) is 3.63. The Morgan fingerprint density at radius 1 is 1.05 bits per heavy atom. The highest BCUT2D eigenvalue weighted by Gasteiger charge is 2.31. The molecule has 3 aromatic carbocycles. The lowest BCUT2D eigenvalue weighted by Crippen LogP contribution is -2.48. The van der Waals surface area contributed by atoms with E-state index in [1.165, 1.54) is 47.3 Å². The minimum atomic E-state index is -4.79. The largest absolute Gasteiger partial charge is 0.573 e. The van der Waals surface area contributed by atoms with Crippen LogP contribution in [-0.2, 0) is 4.79 Å². The highest BCUT2D eigenvalue weighted by molar-refractivity contribution is 6.23. The highest BCUT2D eigenvalue weighted by atomic mass is 19.4. The molecule has 1 atom stereocenters. The number of urea groups is 1. The molecule has 0 radical (unpaired) electrons. The summed E-state index contributed by atoms with van der Waals surface area (Å²) < 4.78 is 62.6. The Labute approximate surface area is 248 Å². The fourth-order valence-corrected chi connectivity index (χ4v) is 4.36. The highest BCUT2D eigenvalue weighted by Crippen LogP contribution is 2.27. The van der Waals surface area contributed by atoms with Crippen molar-refractivity contribution in [3.63, 3.8) is 0 Å². The van der Waals surface area contributed by atoms with Crippen molar-refractivity contribution in [1.29, 1.82) is 0 Å². The van der Waals surface area contributed by atoms with Crippen LogP contribution < -0.4 is 25.0 Å². The van der Waals surface area contributed by atoms with Crippen LogP contribution >= 0.6 is 0 Å². The molecule has 44 heavy (non-hydrogen) atoms. The van der Waals surface area contributed by atoms with Gasteiger partial charge in [-0.3, -0.25) is 10.1 Å². The summed E-state index contributed by atoms with van der Waals surface area (Å²) in [7, 11) is 1.53. The number of methoxy groups -OCH3 is 1. The van der Waals surface area contributed by atoms with Gasteiger partial charge in [-0.1, -0.05) is 24.3 Å². The standard InChI is InChI=1S/C29H25F4N7O4/c1-17-13-22(43-2)11-12-24(17)40-25(41)15-34-27(40)37-28(42)35-14-23(30)18-3-5-19(6-4-18)26-36-16-39(38-26)20-7-9-21(10-8-20)44-29(31,32)33/h3-13,16,23H,14-15H2,1-2H3,(H2,34,35,37,42). The van der Waals surface area contributed by atoms with Gasteiger partial charge in [-0.05, 0) is 60.5 Å². The van der Waals surface area contributed by atoms with Crippen molar-refractivity contribution in [2.45, 2.75) is 19.5 Å². The maximum Gasteiger partial charge on any atom is 0.573 e. The first-order chi connectivity index (χ1) is 21.0.